The molecule has 1 atom stereocenters. The fourth-order valence-corrected chi connectivity index (χ4v) is 4.83. The van der Waals surface area contributed by atoms with E-state index in [2.05, 4.69) is 32.8 Å². The van der Waals surface area contributed by atoms with E-state index in [0.29, 0.717) is 32.4 Å². The minimum atomic E-state index is -0.617. The van der Waals surface area contributed by atoms with Crippen molar-refractivity contribution in [1.29, 1.82) is 0 Å². The molecule has 1 aromatic heterocycles. The average Bonchev–Trinajstić information content (AvgIpc) is 3.45. The zero-order valence-electron chi connectivity index (χ0n) is 25.0. The van der Waals surface area contributed by atoms with E-state index in [9.17, 15) is 9.59 Å². The molecule has 0 aliphatic rings. The lowest BCUT2D eigenvalue weighted by molar-refractivity contribution is -0.129. The molecule has 8 nitrogen and oxygen atoms in total. The number of rotatable bonds is 28. The van der Waals surface area contributed by atoms with Crippen molar-refractivity contribution in [2.24, 2.45) is 5.73 Å². The van der Waals surface area contributed by atoms with Crippen LogP contribution in [-0.4, -0.2) is 54.0 Å². The summed E-state index contributed by atoms with van der Waals surface area (Å²) in [6.45, 7) is 5.13. The van der Waals surface area contributed by atoms with Crippen molar-refractivity contribution in [2.75, 3.05) is 26.2 Å². The van der Waals surface area contributed by atoms with Crippen molar-refractivity contribution >= 4 is 11.8 Å². The lowest BCUT2D eigenvalue weighted by Gasteiger charge is -2.18. The van der Waals surface area contributed by atoms with E-state index in [4.69, 9.17) is 5.73 Å². The van der Waals surface area contributed by atoms with Crippen LogP contribution in [0.2, 0.25) is 0 Å². The number of aromatic nitrogens is 2. The van der Waals surface area contributed by atoms with Gasteiger partial charge in [-0.2, -0.15) is 0 Å². The predicted octanol–water partition coefficient (Wildman–Crippen LogP) is 5.53. The maximum absolute atomic E-state index is 12.5. The summed E-state index contributed by atoms with van der Waals surface area (Å²) in [5, 5.41) is 9.19. The first kappa shape index (κ1) is 35.1. The molecule has 226 valence electrons. The Morgan fingerprint density at radius 1 is 0.795 bits per heavy atom. The van der Waals surface area contributed by atoms with Crippen LogP contribution < -0.4 is 21.7 Å². The summed E-state index contributed by atoms with van der Waals surface area (Å²) in [5.41, 5.74) is 6.32. The normalized spacial score (nSPS) is 11.9. The second-order valence-electron chi connectivity index (χ2n) is 11.0. The molecule has 39 heavy (non-hydrogen) atoms. The Bertz CT molecular complexity index is 683. The second kappa shape index (κ2) is 26.3. The first-order chi connectivity index (χ1) is 19.2. The Hall–Kier alpha value is -1.93. The number of H-pyrrole nitrogens is 1. The number of nitrogens with two attached hydrogens (primary N) is 1. The fraction of sp³-hybridized carbons (Fsp3) is 0.839. The Morgan fingerprint density at radius 2 is 1.36 bits per heavy atom. The van der Waals surface area contributed by atoms with Gasteiger partial charge in [0.15, 0.2) is 0 Å². The summed E-state index contributed by atoms with van der Waals surface area (Å²) in [4.78, 5) is 32.0. The van der Waals surface area contributed by atoms with Gasteiger partial charge >= 0.3 is 0 Å². The predicted molar refractivity (Wildman–Crippen MR) is 163 cm³/mol. The topological polar surface area (TPSA) is 125 Å². The van der Waals surface area contributed by atoms with E-state index in [1.807, 2.05) is 0 Å². The number of nitrogens with one attached hydrogen (secondary N) is 4. The molecule has 0 saturated heterocycles. The molecule has 0 unspecified atom stereocenters. The van der Waals surface area contributed by atoms with Crippen LogP contribution in [-0.2, 0) is 16.0 Å². The van der Waals surface area contributed by atoms with Crippen LogP contribution in [0.5, 0.6) is 0 Å². The molecular weight excluding hydrogens is 488 g/mol. The van der Waals surface area contributed by atoms with E-state index in [0.717, 1.165) is 25.2 Å². The van der Waals surface area contributed by atoms with Crippen LogP contribution in [0.4, 0.5) is 0 Å². The minimum Gasteiger partial charge on any atom is -0.354 e. The summed E-state index contributed by atoms with van der Waals surface area (Å²) < 4.78 is 0. The highest BCUT2D eigenvalue weighted by Gasteiger charge is 2.21. The molecule has 0 spiro atoms. The summed E-state index contributed by atoms with van der Waals surface area (Å²) >= 11 is 0. The number of nitrogens with zero attached hydrogens (tertiary/aromatic N) is 1. The van der Waals surface area contributed by atoms with E-state index in [1.54, 1.807) is 12.5 Å². The number of amides is 2. The van der Waals surface area contributed by atoms with Gasteiger partial charge < -0.3 is 26.7 Å². The molecule has 8 heteroatoms. The van der Waals surface area contributed by atoms with Crippen molar-refractivity contribution in [3.63, 3.8) is 0 Å². The third kappa shape index (κ3) is 21.6. The molecule has 0 aromatic carbocycles. The monoisotopic (exact) mass is 548 g/mol. The van der Waals surface area contributed by atoms with Crippen LogP contribution >= 0.6 is 0 Å². The summed E-state index contributed by atoms with van der Waals surface area (Å²) in [6, 6.07) is -0.617. The Labute approximate surface area is 238 Å². The molecule has 0 fully saturated rings. The number of unbranched alkanes of at least 4 members (excludes halogenated alkanes) is 15. The van der Waals surface area contributed by atoms with Crippen molar-refractivity contribution in [1.82, 2.24) is 25.9 Å². The molecule has 1 aromatic rings. The van der Waals surface area contributed by atoms with E-state index >= 15 is 0 Å². The number of carbonyl (C=O) groups excluding carboxylic acids is 2. The van der Waals surface area contributed by atoms with Gasteiger partial charge in [-0.25, -0.2) is 4.98 Å². The SMILES string of the molecule is CCCCCCCCCCCCCCCCCCNCCCC(=O)N[C@@H](Cc1cnc[nH]1)C(=O)NCCCN. The fourth-order valence-electron chi connectivity index (χ4n) is 4.83. The average molecular weight is 549 g/mol. The summed E-state index contributed by atoms with van der Waals surface area (Å²) in [7, 11) is 0. The van der Waals surface area contributed by atoms with Gasteiger partial charge in [0, 0.05) is 31.3 Å². The van der Waals surface area contributed by atoms with Gasteiger partial charge in [-0.05, 0) is 38.9 Å². The smallest absolute Gasteiger partial charge is 0.242 e. The van der Waals surface area contributed by atoms with Crippen molar-refractivity contribution < 1.29 is 9.59 Å². The van der Waals surface area contributed by atoms with Crippen molar-refractivity contribution in [3.8, 4) is 0 Å². The second-order valence-corrected chi connectivity index (χ2v) is 11.0. The van der Waals surface area contributed by atoms with Gasteiger partial charge in [-0.15, -0.1) is 0 Å². The Balaban J connectivity index is 1.94. The maximum Gasteiger partial charge on any atom is 0.242 e. The minimum absolute atomic E-state index is 0.0994. The highest BCUT2D eigenvalue weighted by atomic mass is 16.2. The number of imidazole rings is 1. The standard InChI is InChI=1S/C31H60N6O2/c1-2-3-4-5-6-7-8-9-10-11-12-13-14-15-16-17-22-33-23-18-20-30(38)37-29(25-28-26-34-27-36-28)31(39)35-24-19-21-32/h26-27,29,33H,2-25,32H2,1H3,(H,34,36)(H,35,39)(H,37,38)/t29-/m0/s1. The lowest BCUT2D eigenvalue weighted by Crippen LogP contribution is -2.48. The Kier molecular flexibility index (Phi) is 23.7. The maximum atomic E-state index is 12.5. The quantitative estimate of drug-likeness (QED) is 0.0880. The van der Waals surface area contributed by atoms with Gasteiger partial charge in [-0.1, -0.05) is 103 Å². The molecule has 2 amide bonds. The van der Waals surface area contributed by atoms with E-state index < -0.39 is 6.04 Å². The largest absolute Gasteiger partial charge is 0.354 e. The summed E-state index contributed by atoms with van der Waals surface area (Å²) in [6.07, 6.45) is 27.6. The zero-order chi connectivity index (χ0) is 28.2. The zero-order valence-corrected chi connectivity index (χ0v) is 25.0. The number of aromatic amines is 1. The Morgan fingerprint density at radius 3 is 1.90 bits per heavy atom. The molecule has 0 saturated carbocycles. The first-order valence-electron chi connectivity index (χ1n) is 16.1. The number of hydrogen-bond acceptors (Lipinski definition) is 5. The lowest BCUT2D eigenvalue weighted by atomic mass is 10.0. The molecule has 0 radical (unpaired) electrons. The molecular formula is C31H60N6O2. The van der Waals surface area contributed by atoms with Gasteiger partial charge in [0.25, 0.3) is 0 Å². The van der Waals surface area contributed by atoms with Crippen molar-refractivity contribution in [2.45, 2.75) is 141 Å². The molecule has 1 rings (SSSR count). The van der Waals surface area contributed by atoms with Crippen LogP contribution in [0.25, 0.3) is 0 Å². The molecule has 0 bridgehead atoms. The van der Waals surface area contributed by atoms with Crippen molar-refractivity contribution in [3.05, 3.63) is 18.2 Å². The molecule has 0 aliphatic heterocycles. The summed E-state index contributed by atoms with van der Waals surface area (Å²) in [5.74, 6) is -0.286. The van der Waals surface area contributed by atoms with Crippen LogP contribution in [0.1, 0.15) is 135 Å². The van der Waals surface area contributed by atoms with Gasteiger partial charge in [0.05, 0.1) is 6.33 Å². The molecule has 0 aliphatic carbocycles. The van der Waals surface area contributed by atoms with Gasteiger partial charge in [0.1, 0.15) is 6.04 Å². The third-order valence-electron chi connectivity index (χ3n) is 7.28. The third-order valence-corrected chi connectivity index (χ3v) is 7.28. The van der Waals surface area contributed by atoms with Gasteiger partial charge in [0.2, 0.25) is 11.8 Å². The highest BCUT2D eigenvalue weighted by molar-refractivity contribution is 5.87. The first-order valence-corrected chi connectivity index (χ1v) is 16.1. The van der Waals surface area contributed by atoms with Crippen LogP contribution in [0, 0.1) is 0 Å². The van der Waals surface area contributed by atoms with E-state index in [-0.39, 0.29) is 11.8 Å². The molecule has 1 heterocycles. The number of hydrogen-bond donors (Lipinski definition) is 5. The van der Waals surface area contributed by atoms with Crippen LogP contribution in [0.3, 0.4) is 0 Å². The number of carbonyl (C=O) groups is 2. The highest BCUT2D eigenvalue weighted by Crippen LogP contribution is 2.13. The van der Waals surface area contributed by atoms with Crippen LogP contribution in [0.15, 0.2) is 12.5 Å². The molecule has 6 N–H and O–H groups in total. The van der Waals surface area contributed by atoms with Gasteiger partial charge in [-0.3, -0.25) is 9.59 Å². The van der Waals surface area contributed by atoms with E-state index in [1.165, 1.54) is 103 Å².